The molecule has 17 heavy (non-hydrogen) atoms. The summed E-state index contributed by atoms with van der Waals surface area (Å²) in [7, 11) is 0. The topological polar surface area (TPSA) is 109 Å². The third-order valence-corrected chi connectivity index (χ3v) is 1.79. The molecule has 0 saturated carbocycles. The summed E-state index contributed by atoms with van der Waals surface area (Å²) in [6, 6.07) is 10.2. The SMILES string of the molecule is NC(=O)c1ccccc1.O=C(O)c1ccn[nH]1. The lowest BCUT2D eigenvalue weighted by atomic mass is 10.2. The maximum absolute atomic E-state index is 10.4. The van der Waals surface area contributed by atoms with E-state index in [1.165, 1.54) is 12.3 Å². The van der Waals surface area contributed by atoms with Crippen LogP contribution in [0.15, 0.2) is 42.6 Å². The van der Waals surface area contributed by atoms with Crippen molar-refractivity contribution in [2.75, 3.05) is 0 Å². The lowest BCUT2D eigenvalue weighted by Gasteiger charge is -1.89. The third-order valence-electron chi connectivity index (χ3n) is 1.79. The molecule has 0 saturated heterocycles. The molecule has 2 aromatic rings. The largest absolute Gasteiger partial charge is 0.477 e. The Bertz CT molecular complexity index is 480. The predicted molar refractivity (Wildman–Crippen MR) is 60.5 cm³/mol. The average Bonchev–Trinajstić information content (AvgIpc) is 2.84. The van der Waals surface area contributed by atoms with Gasteiger partial charge in [0.1, 0.15) is 5.69 Å². The van der Waals surface area contributed by atoms with E-state index in [-0.39, 0.29) is 11.6 Å². The van der Waals surface area contributed by atoms with Gasteiger partial charge in [-0.3, -0.25) is 9.89 Å². The first kappa shape index (κ1) is 12.4. The smallest absolute Gasteiger partial charge is 0.353 e. The highest BCUT2D eigenvalue weighted by Gasteiger charge is 1.99. The maximum atomic E-state index is 10.4. The van der Waals surface area contributed by atoms with Gasteiger partial charge < -0.3 is 10.8 Å². The molecule has 0 aliphatic heterocycles. The Morgan fingerprint density at radius 1 is 1.18 bits per heavy atom. The van der Waals surface area contributed by atoms with Crippen LogP contribution in [0.2, 0.25) is 0 Å². The second-order valence-corrected chi connectivity index (χ2v) is 3.01. The van der Waals surface area contributed by atoms with Crippen LogP contribution >= 0.6 is 0 Å². The number of carbonyl (C=O) groups excluding carboxylic acids is 1. The van der Waals surface area contributed by atoms with E-state index >= 15 is 0 Å². The first-order valence-corrected chi connectivity index (χ1v) is 4.69. The molecule has 0 atom stereocenters. The molecule has 0 unspecified atom stereocenters. The van der Waals surface area contributed by atoms with Crippen molar-refractivity contribution >= 4 is 11.9 Å². The van der Waals surface area contributed by atoms with Crippen LogP contribution in [0.4, 0.5) is 0 Å². The molecule has 2 rings (SSSR count). The molecule has 1 aromatic carbocycles. The summed E-state index contributed by atoms with van der Waals surface area (Å²) < 4.78 is 0. The lowest BCUT2D eigenvalue weighted by Crippen LogP contribution is -2.09. The van der Waals surface area contributed by atoms with E-state index in [0.29, 0.717) is 5.56 Å². The normalized spacial score (nSPS) is 8.94. The van der Waals surface area contributed by atoms with Gasteiger partial charge in [-0.15, -0.1) is 0 Å². The fraction of sp³-hybridized carbons (Fsp3) is 0. The quantitative estimate of drug-likeness (QED) is 0.715. The second kappa shape index (κ2) is 6.06. The zero-order chi connectivity index (χ0) is 12.7. The molecule has 4 N–H and O–H groups in total. The number of nitrogens with two attached hydrogens (primary N) is 1. The minimum absolute atomic E-state index is 0.116. The van der Waals surface area contributed by atoms with Crippen LogP contribution in [0.3, 0.4) is 0 Å². The number of nitrogens with zero attached hydrogens (tertiary/aromatic N) is 1. The van der Waals surface area contributed by atoms with Gasteiger partial charge in [0.05, 0.1) is 0 Å². The van der Waals surface area contributed by atoms with E-state index in [4.69, 9.17) is 10.8 Å². The number of benzene rings is 1. The van der Waals surface area contributed by atoms with Crippen LogP contribution < -0.4 is 5.73 Å². The molecule has 0 radical (unpaired) electrons. The summed E-state index contributed by atoms with van der Waals surface area (Å²) in [5, 5.41) is 13.9. The van der Waals surface area contributed by atoms with E-state index in [9.17, 15) is 9.59 Å². The van der Waals surface area contributed by atoms with Crippen LogP contribution in [0.1, 0.15) is 20.8 Å². The van der Waals surface area contributed by atoms with Gasteiger partial charge in [0.2, 0.25) is 5.91 Å². The third kappa shape index (κ3) is 4.17. The number of aromatic nitrogens is 2. The molecule has 0 spiro atoms. The maximum Gasteiger partial charge on any atom is 0.353 e. The molecule has 0 bridgehead atoms. The highest BCUT2D eigenvalue weighted by atomic mass is 16.4. The first-order valence-electron chi connectivity index (χ1n) is 4.69. The number of aromatic carboxylic acids is 1. The van der Waals surface area contributed by atoms with E-state index in [1.807, 2.05) is 6.07 Å². The van der Waals surface area contributed by atoms with Crippen molar-refractivity contribution in [2.45, 2.75) is 0 Å². The number of carbonyl (C=O) groups is 2. The van der Waals surface area contributed by atoms with E-state index < -0.39 is 5.97 Å². The van der Waals surface area contributed by atoms with Gasteiger partial charge in [-0.2, -0.15) is 5.10 Å². The Balaban J connectivity index is 0.000000171. The van der Waals surface area contributed by atoms with Gasteiger partial charge in [-0.25, -0.2) is 4.79 Å². The number of hydrogen-bond acceptors (Lipinski definition) is 3. The number of nitrogens with one attached hydrogen (secondary N) is 1. The van der Waals surface area contributed by atoms with Crippen molar-refractivity contribution in [3.8, 4) is 0 Å². The van der Waals surface area contributed by atoms with Gasteiger partial charge >= 0.3 is 5.97 Å². The summed E-state index contributed by atoms with van der Waals surface area (Å²) >= 11 is 0. The van der Waals surface area contributed by atoms with Gasteiger partial charge in [-0.1, -0.05) is 18.2 Å². The predicted octanol–water partition coefficient (Wildman–Crippen LogP) is 0.893. The fourth-order valence-corrected chi connectivity index (χ4v) is 0.977. The number of amides is 1. The molecule has 0 aliphatic rings. The van der Waals surface area contributed by atoms with E-state index in [0.717, 1.165) is 0 Å². The molecule has 0 aliphatic carbocycles. The Hall–Kier alpha value is -2.63. The average molecular weight is 233 g/mol. The van der Waals surface area contributed by atoms with Crippen molar-refractivity contribution in [3.05, 3.63) is 53.9 Å². The highest BCUT2D eigenvalue weighted by Crippen LogP contribution is 1.94. The lowest BCUT2D eigenvalue weighted by molar-refractivity contribution is 0.0690. The minimum Gasteiger partial charge on any atom is -0.477 e. The minimum atomic E-state index is -0.984. The van der Waals surface area contributed by atoms with Crippen LogP contribution in [-0.4, -0.2) is 27.2 Å². The Morgan fingerprint density at radius 3 is 2.12 bits per heavy atom. The van der Waals surface area contributed by atoms with Crippen LogP contribution in [0.5, 0.6) is 0 Å². The molecule has 1 amide bonds. The summed E-state index contributed by atoms with van der Waals surface area (Å²) in [6.45, 7) is 0. The van der Waals surface area contributed by atoms with Gasteiger partial charge in [0.25, 0.3) is 0 Å². The number of carboxylic acid groups (broad SMARTS) is 1. The number of rotatable bonds is 2. The zero-order valence-electron chi connectivity index (χ0n) is 8.83. The van der Waals surface area contributed by atoms with Crippen LogP contribution in [0.25, 0.3) is 0 Å². The number of H-pyrrole nitrogens is 1. The monoisotopic (exact) mass is 233 g/mol. The Morgan fingerprint density at radius 2 is 1.82 bits per heavy atom. The van der Waals surface area contributed by atoms with Gasteiger partial charge in [-0.05, 0) is 18.2 Å². The Kier molecular flexibility index (Phi) is 4.44. The van der Waals surface area contributed by atoms with Gasteiger partial charge in [0, 0.05) is 11.8 Å². The van der Waals surface area contributed by atoms with E-state index in [1.54, 1.807) is 24.3 Å². The van der Waals surface area contributed by atoms with Crippen molar-refractivity contribution in [3.63, 3.8) is 0 Å². The van der Waals surface area contributed by atoms with Gasteiger partial charge in [0.15, 0.2) is 0 Å². The standard InChI is InChI=1S/C7H7NO.C4H4N2O2/c8-7(9)6-4-2-1-3-5-6;7-4(8)3-1-2-5-6-3/h1-5H,(H2,8,9);1-2H,(H,5,6)(H,7,8). The summed E-state index contributed by atoms with van der Waals surface area (Å²) in [6.07, 6.45) is 1.39. The first-order chi connectivity index (χ1) is 8.11. The number of aromatic amines is 1. The zero-order valence-corrected chi connectivity index (χ0v) is 8.83. The summed E-state index contributed by atoms with van der Waals surface area (Å²) in [5.74, 6) is -1.36. The molecule has 6 heteroatoms. The molecular weight excluding hydrogens is 222 g/mol. The molecule has 1 aromatic heterocycles. The molecule has 0 fully saturated rings. The number of primary amides is 1. The van der Waals surface area contributed by atoms with Crippen LogP contribution in [-0.2, 0) is 0 Å². The van der Waals surface area contributed by atoms with Crippen molar-refractivity contribution in [1.29, 1.82) is 0 Å². The second-order valence-electron chi connectivity index (χ2n) is 3.01. The van der Waals surface area contributed by atoms with Crippen LogP contribution in [0, 0.1) is 0 Å². The summed E-state index contributed by atoms with van der Waals surface area (Å²) in [5.41, 5.74) is 5.64. The highest BCUT2D eigenvalue weighted by molar-refractivity contribution is 5.92. The van der Waals surface area contributed by atoms with Crippen molar-refractivity contribution in [2.24, 2.45) is 5.73 Å². The number of carboxylic acids is 1. The molecule has 6 nitrogen and oxygen atoms in total. The Labute approximate surface area is 97.1 Å². The number of hydrogen-bond donors (Lipinski definition) is 3. The fourth-order valence-electron chi connectivity index (χ4n) is 0.977. The summed E-state index contributed by atoms with van der Waals surface area (Å²) in [4.78, 5) is 20.4. The molecular formula is C11H11N3O3. The van der Waals surface area contributed by atoms with Crippen molar-refractivity contribution < 1.29 is 14.7 Å². The molecule has 1 heterocycles. The van der Waals surface area contributed by atoms with Crippen molar-refractivity contribution in [1.82, 2.24) is 10.2 Å². The molecule has 88 valence electrons. The van der Waals surface area contributed by atoms with E-state index in [2.05, 4.69) is 10.2 Å².